The van der Waals surface area contributed by atoms with Gasteiger partial charge in [0.2, 0.25) is 0 Å². The van der Waals surface area contributed by atoms with Crippen LogP contribution in [0.1, 0.15) is 0 Å². The van der Waals surface area contributed by atoms with Gasteiger partial charge in [-0.15, -0.1) is 0 Å². The second-order valence-electron chi connectivity index (χ2n) is 0.475. The van der Waals surface area contributed by atoms with Gasteiger partial charge in [-0.1, -0.05) is 0 Å². The molecule has 0 unspecified atom stereocenters. The Bertz CT molecular complexity index is 94.0. The first-order valence-electron chi connectivity index (χ1n) is 0.720. The molecule has 4 nitrogen and oxygen atoms in total. The largest absolute Gasteiger partial charge is 1.00 e. The van der Waals surface area contributed by atoms with E-state index < -0.39 is 10.3 Å². The second-order valence-corrected chi connectivity index (χ2v) is 1.43. The predicted molar refractivity (Wildman–Crippen MR) is 15.9 cm³/mol. The van der Waals surface area contributed by atoms with E-state index in [2.05, 4.69) is 0 Å². The normalized spacial score (nSPS) is 9.67. The van der Waals surface area contributed by atoms with Gasteiger partial charge in [-0.2, -0.15) is 0 Å². The zero-order valence-electron chi connectivity index (χ0n) is 3.17. The zero-order chi connectivity index (χ0) is 4.50. The molecule has 0 rings (SSSR count). The van der Waals surface area contributed by atoms with Gasteiger partial charge in [-0.25, -0.2) is 8.42 Å². The average Bonchev–Trinajstić information content (AvgIpc) is 0.722. The maximum absolute atomic E-state index is 8.85. The first-order chi connectivity index (χ1) is 2.00. The fourth-order valence-corrected chi connectivity index (χ4v) is 0. The van der Waals surface area contributed by atoms with Gasteiger partial charge >= 0.3 is 29.6 Å². The summed E-state index contributed by atoms with van der Waals surface area (Å²) in [4.78, 5) is 0. The third-order valence-electron chi connectivity index (χ3n) is 0. The Labute approximate surface area is 57.9 Å². The Morgan fingerprint density at radius 3 is 1.50 bits per heavy atom. The molecule has 0 aromatic heterocycles. The van der Waals surface area contributed by atoms with Crippen LogP contribution in [0.3, 0.4) is 0 Å². The summed E-state index contributed by atoms with van der Waals surface area (Å²) in [5.74, 6) is 0. The molecule has 0 amide bonds. The van der Waals surface area contributed by atoms with Gasteiger partial charge in [0.05, 0.1) is 0 Å². The molecule has 0 radical (unpaired) electrons. The molecule has 0 aliphatic rings. The molecule has 0 spiro atoms. The minimum Gasteiger partial charge on any atom is -0.540 e. The van der Waals surface area contributed by atoms with Crippen molar-refractivity contribution in [1.29, 1.82) is 0 Å². The fraction of sp³-hybridized carbons (Fsp3) is 0. The topological polar surface area (TPSA) is 78.2 Å². The molecule has 0 saturated heterocycles. The number of rotatable bonds is 0. The fourth-order valence-electron chi connectivity index (χ4n) is 0. The van der Waals surface area contributed by atoms with E-state index in [0.29, 0.717) is 0 Å². The summed E-state index contributed by atoms with van der Waals surface area (Å²) in [7, 11) is -4.42. The maximum Gasteiger partial charge on any atom is 1.00 e. The van der Waals surface area contributed by atoms with Crippen molar-refractivity contribution >= 4 is 10.3 Å². The molecule has 2 N–H and O–H groups in total. The van der Waals surface area contributed by atoms with Crippen LogP contribution < -0.4 is 29.6 Å². The standard InChI is InChI=1S/H2NO3S.Na/c1-5(2,3)4;/h(H2-,1,2,3,4);/q-1;+1. The smallest absolute Gasteiger partial charge is 0.540 e. The van der Waals surface area contributed by atoms with Crippen LogP contribution in [0.15, 0.2) is 0 Å². The van der Waals surface area contributed by atoms with Gasteiger partial charge < -0.3 is 5.14 Å². The number of hydrogen-bond acceptors (Lipinski definition) is 2. The molecule has 6 heavy (non-hydrogen) atoms. The van der Waals surface area contributed by atoms with E-state index in [1.165, 1.54) is 0 Å². The molecule has 0 heterocycles. The van der Waals surface area contributed by atoms with Crippen molar-refractivity contribution in [2.75, 3.05) is 0 Å². The molecule has 32 valence electrons. The molecule has 6 heteroatoms. The summed E-state index contributed by atoms with van der Waals surface area (Å²) in [6, 6.07) is 0. The molecule has 0 aliphatic heterocycles. The summed E-state index contributed by atoms with van der Waals surface area (Å²) in [5.41, 5.74) is 0. The average molecular weight is 119 g/mol. The minimum absolute atomic E-state index is 0. The Hall–Kier alpha value is 0.870. The summed E-state index contributed by atoms with van der Waals surface area (Å²) in [6.45, 7) is 0. The van der Waals surface area contributed by atoms with E-state index in [4.69, 9.17) is 18.1 Å². The van der Waals surface area contributed by atoms with Gasteiger partial charge in [0, 0.05) is 0 Å². The zero-order valence-corrected chi connectivity index (χ0v) is 5.99. The van der Waals surface area contributed by atoms with Crippen LogP contribution in [-0.2, 0) is 10.3 Å². The summed E-state index contributed by atoms with van der Waals surface area (Å²) in [5, 5.41) is 5.47. The molecule has 0 aromatic rings. The quantitative estimate of drug-likeness (QED) is 0.270. The van der Waals surface area contributed by atoms with Crippen molar-refractivity contribution in [2.45, 2.75) is 0 Å². The van der Waals surface area contributed by atoms with Crippen molar-refractivity contribution in [1.82, 2.24) is 0 Å². The van der Waals surface area contributed by atoms with E-state index >= 15 is 0 Å². The third-order valence-corrected chi connectivity index (χ3v) is 0. The van der Waals surface area contributed by atoms with E-state index in [-0.39, 0.29) is 29.6 Å². The first kappa shape index (κ1) is 9.98. The number of nitrogens with one attached hydrogen (secondary N) is 1. The van der Waals surface area contributed by atoms with Crippen LogP contribution in [0.5, 0.6) is 0 Å². The van der Waals surface area contributed by atoms with Crippen molar-refractivity contribution in [2.24, 2.45) is 0 Å². The Morgan fingerprint density at radius 2 is 1.50 bits per heavy atom. The van der Waals surface area contributed by atoms with Gasteiger partial charge in [0.25, 0.3) is 0 Å². The van der Waals surface area contributed by atoms with Crippen molar-refractivity contribution in [3.05, 3.63) is 5.14 Å². The van der Waals surface area contributed by atoms with Crippen LogP contribution in [-0.4, -0.2) is 13.0 Å². The van der Waals surface area contributed by atoms with Crippen molar-refractivity contribution < 1.29 is 42.5 Å². The maximum atomic E-state index is 8.85. The molecular weight excluding hydrogens is 117 g/mol. The summed E-state index contributed by atoms with van der Waals surface area (Å²) in [6.07, 6.45) is 0. The molecule has 0 bridgehead atoms. The van der Waals surface area contributed by atoms with Gasteiger partial charge in [0.1, 0.15) is 0 Å². The third kappa shape index (κ3) is 96.4. The second kappa shape index (κ2) is 2.95. The number of hydrogen-bond donors (Lipinski definition) is 1. The van der Waals surface area contributed by atoms with Gasteiger partial charge in [0.15, 0.2) is 10.3 Å². The molecule has 0 aliphatic carbocycles. The van der Waals surface area contributed by atoms with Crippen LogP contribution in [0.4, 0.5) is 0 Å². The van der Waals surface area contributed by atoms with Gasteiger partial charge in [-0.3, -0.25) is 4.55 Å². The Morgan fingerprint density at radius 1 is 1.50 bits per heavy atom. The van der Waals surface area contributed by atoms with Crippen molar-refractivity contribution in [3.8, 4) is 0 Å². The molecule has 0 fully saturated rings. The van der Waals surface area contributed by atoms with Crippen LogP contribution >= 0.6 is 0 Å². The van der Waals surface area contributed by atoms with Crippen LogP contribution in [0, 0.1) is 0 Å². The SMILES string of the molecule is [NH-]S(=O)(=O)O.[Na+]. The van der Waals surface area contributed by atoms with E-state index in [9.17, 15) is 0 Å². The Balaban J connectivity index is 0. The van der Waals surface area contributed by atoms with E-state index in [0.717, 1.165) is 0 Å². The molecule has 0 aromatic carbocycles. The summed E-state index contributed by atoms with van der Waals surface area (Å²) < 4.78 is 24.9. The minimum atomic E-state index is -4.42. The van der Waals surface area contributed by atoms with Crippen molar-refractivity contribution in [3.63, 3.8) is 0 Å². The molecular formula is H2NNaO3S. The molecule has 0 saturated carbocycles. The van der Waals surface area contributed by atoms with Gasteiger partial charge in [-0.05, 0) is 0 Å². The van der Waals surface area contributed by atoms with E-state index in [1.807, 2.05) is 0 Å². The van der Waals surface area contributed by atoms with E-state index in [1.54, 1.807) is 0 Å². The molecule has 0 atom stereocenters. The summed E-state index contributed by atoms with van der Waals surface area (Å²) >= 11 is 0. The van der Waals surface area contributed by atoms with Crippen LogP contribution in [0.2, 0.25) is 0 Å². The monoisotopic (exact) mass is 119 g/mol. The Kier molecular flexibility index (Phi) is 4.91. The first-order valence-corrected chi connectivity index (χ1v) is 2.16. The van der Waals surface area contributed by atoms with Crippen LogP contribution in [0.25, 0.3) is 5.14 Å². The predicted octanol–water partition coefficient (Wildman–Crippen LogP) is -3.15.